The lowest BCUT2D eigenvalue weighted by Gasteiger charge is -2.33. The Morgan fingerprint density at radius 2 is 1.69 bits per heavy atom. The van der Waals surface area contributed by atoms with Crippen LogP contribution in [0.25, 0.3) is 0 Å². The van der Waals surface area contributed by atoms with Crippen LogP contribution in [0.4, 0.5) is 10.1 Å². The molecule has 7 nitrogen and oxygen atoms in total. The van der Waals surface area contributed by atoms with E-state index < -0.39 is 34.3 Å². The molecule has 198 valence electrons. The van der Waals surface area contributed by atoms with Crippen LogP contribution < -0.4 is 9.62 Å². The quantitative estimate of drug-likeness (QED) is 0.392. The maximum atomic E-state index is 13.7. The Kier molecular flexibility index (Phi) is 10.8. The second kappa shape index (κ2) is 12.9. The lowest BCUT2D eigenvalue weighted by atomic mass is 10.1. The minimum atomic E-state index is -3.98. The summed E-state index contributed by atoms with van der Waals surface area (Å²) in [4.78, 5) is 28.0. The van der Waals surface area contributed by atoms with Gasteiger partial charge < -0.3 is 10.2 Å². The molecule has 12 heteroatoms. The van der Waals surface area contributed by atoms with Gasteiger partial charge in [-0.05, 0) is 55.7 Å². The molecule has 2 aromatic rings. The summed E-state index contributed by atoms with van der Waals surface area (Å²) in [6, 6.07) is 7.08. The molecule has 0 spiro atoms. The summed E-state index contributed by atoms with van der Waals surface area (Å²) in [5.41, 5.74) is 0.541. The number of anilines is 1. The van der Waals surface area contributed by atoms with Crippen molar-refractivity contribution in [3.63, 3.8) is 0 Å². The maximum Gasteiger partial charge on any atom is 0.244 e. The van der Waals surface area contributed by atoms with Crippen molar-refractivity contribution in [2.24, 2.45) is 0 Å². The molecule has 2 aromatic carbocycles. The summed E-state index contributed by atoms with van der Waals surface area (Å²) >= 11 is 18.2. The summed E-state index contributed by atoms with van der Waals surface area (Å²) in [7, 11) is -3.98. The van der Waals surface area contributed by atoms with Gasteiger partial charge in [0.1, 0.15) is 18.4 Å². The smallest absolute Gasteiger partial charge is 0.244 e. The first-order valence-corrected chi connectivity index (χ1v) is 14.2. The van der Waals surface area contributed by atoms with Gasteiger partial charge in [-0.1, -0.05) is 54.7 Å². The zero-order valence-corrected chi connectivity index (χ0v) is 23.5. The van der Waals surface area contributed by atoms with Gasteiger partial charge in [-0.2, -0.15) is 0 Å². The summed E-state index contributed by atoms with van der Waals surface area (Å²) in [6.45, 7) is 4.80. The van der Waals surface area contributed by atoms with Crippen LogP contribution in [0.3, 0.4) is 0 Å². The zero-order valence-electron chi connectivity index (χ0n) is 20.4. The van der Waals surface area contributed by atoms with Gasteiger partial charge in [0.15, 0.2) is 0 Å². The Labute approximate surface area is 226 Å². The van der Waals surface area contributed by atoms with Crippen LogP contribution in [-0.4, -0.2) is 50.0 Å². The highest BCUT2D eigenvalue weighted by Crippen LogP contribution is 2.27. The van der Waals surface area contributed by atoms with Crippen molar-refractivity contribution in [1.82, 2.24) is 10.2 Å². The van der Waals surface area contributed by atoms with Crippen LogP contribution in [0.15, 0.2) is 36.4 Å². The topological polar surface area (TPSA) is 86.8 Å². The largest absolute Gasteiger partial charge is 0.352 e. The first-order valence-electron chi connectivity index (χ1n) is 11.2. The van der Waals surface area contributed by atoms with Gasteiger partial charge >= 0.3 is 0 Å². The van der Waals surface area contributed by atoms with E-state index >= 15 is 0 Å². The number of hydrogen-bond donors (Lipinski definition) is 1. The maximum absolute atomic E-state index is 13.7. The second-order valence-corrected chi connectivity index (χ2v) is 11.5. The first-order chi connectivity index (χ1) is 16.8. The molecule has 2 rings (SSSR count). The molecule has 0 aromatic heterocycles. The van der Waals surface area contributed by atoms with Crippen molar-refractivity contribution in [3.05, 3.63) is 62.8 Å². The van der Waals surface area contributed by atoms with Crippen LogP contribution in [0.5, 0.6) is 0 Å². The van der Waals surface area contributed by atoms with Gasteiger partial charge in [-0.3, -0.25) is 13.9 Å². The Hall–Kier alpha value is -2.07. The van der Waals surface area contributed by atoms with Crippen molar-refractivity contribution in [3.8, 4) is 0 Å². The third-order valence-electron chi connectivity index (χ3n) is 5.61. The van der Waals surface area contributed by atoms with E-state index in [1.807, 2.05) is 13.8 Å². The third-order valence-corrected chi connectivity index (χ3v) is 7.63. The average molecular weight is 581 g/mol. The average Bonchev–Trinajstić information content (AvgIpc) is 2.79. The summed E-state index contributed by atoms with van der Waals surface area (Å²) < 4.78 is 39.7. The molecule has 0 heterocycles. The molecule has 36 heavy (non-hydrogen) atoms. The molecule has 0 aliphatic carbocycles. The minimum Gasteiger partial charge on any atom is -0.352 e. The van der Waals surface area contributed by atoms with Crippen molar-refractivity contribution >= 4 is 62.3 Å². The predicted molar refractivity (Wildman–Crippen MR) is 143 cm³/mol. The van der Waals surface area contributed by atoms with Crippen LogP contribution in [0, 0.1) is 5.82 Å². The van der Waals surface area contributed by atoms with Crippen molar-refractivity contribution in [2.45, 2.75) is 52.2 Å². The summed E-state index contributed by atoms with van der Waals surface area (Å²) in [5.74, 6) is -1.76. The molecule has 1 N–H and O–H groups in total. The number of benzene rings is 2. The Morgan fingerprint density at radius 3 is 2.22 bits per heavy atom. The minimum absolute atomic E-state index is 0.0128. The molecule has 2 amide bonds. The van der Waals surface area contributed by atoms with Gasteiger partial charge in [-0.25, -0.2) is 12.8 Å². The zero-order chi connectivity index (χ0) is 27.2. The fourth-order valence-corrected chi connectivity index (χ4v) is 4.93. The highest BCUT2D eigenvalue weighted by Gasteiger charge is 2.32. The van der Waals surface area contributed by atoms with Crippen molar-refractivity contribution in [1.29, 1.82) is 0 Å². The van der Waals surface area contributed by atoms with Crippen LogP contribution in [-0.2, 0) is 26.2 Å². The van der Waals surface area contributed by atoms with E-state index in [0.29, 0.717) is 22.0 Å². The van der Waals surface area contributed by atoms with Crippen molar-refractivity contribution in [2.75, 3.05) is 17.1 Å². The molecule has 0 bridgehead atoms. The lowest BCUT2D eigenvalue weighted by molar-refractivity contribution is -0.140. The Balaban J connectivity index is 2.50. The van der Waals surface area contributed by atoms with E-state index in [1.54, 1.807) is 19.1 Å². The van der Waals surface area contributed by atoms with E-state index in [2.05, 4.69) is 5.32 Å². The molecule has 0 saturated carbocycles. The second-order valence-electron chi connectivity index (χ2n) is 8.37. The van der Waals surface area contributed by atoms with Gasteiger partial charge in [0.05, 0.1) is 17.0 Å². The Bertz CT molecular complexity index is 1210. The molecule has 0 radical (unpaired) electrons. The first kappa shape index (κ1) is 30.2. The van der Waals surface area contributed by atoms with Crippen LogP contribution >= 0.6 is 34.8 Å². The number of sulfonamides is 1. The number of hydrogen-bond acceptors (Lipinski definition) is 4. The molecule has 0 saturated heterocycles. The van der Waals surface area contributed by atoms with Gasteiger partial charge in [0.25, 0.3) is 0 Å². The third kappa shape index (κ3) is 7.96. The number of nitrogens with one attached hydrogen (secondary N) is 1. The molecule has 2 atom stereocenters. The van der Waals surface area contributed by atoms with E-state index in [-0.39, 0.29) is 35.6 Å². The molecule has 0 fully saturated rings. The Morgan fingerprint density at radius 1 is 1.03 bits per heavy atom. The number of nitrogens with zero attached hydrogens (tertiary/aromatic N) is 2. The number of halogens is 4. The van der Waals surface area contributed by atoms with Gasteiger partial charge in [0, 0.05) is 22.6 Å². The summed E-state index contributed by atoms with van der Waals surface area (Å²) in [5, 5.41) is 3.28. The summed E-state index contributed by atoms with van der Waals surface area (Å²) in [6.07, 6.45) is 1.87. The van der Waals surface area contributed by atoms with Gasteiger partial charge in [0.2, 0.25) is 21.8 Å². The molecular weight excluding hydrogens is 552 g/mol. The van der Waals surface area contributed by atoms with E-state index in [0.717, 1.165) is 22.7 Å². The lowest BCUT2D eigenvalue weighted by Crippen LogP contribution is -2.53. The SMILES string of the molecule is CCC(C)NC(=O)C(CC)N(Cc1ccc(Cl)cc1Cl)C(=O)CN(c1ccc(F)c(Cl)c1)S(C)(=O)=O. The predicted octanol–water partition coefficient (Wildman–Crippen LogP) is 5.27. The van der Waals surface area contributed by atoms with Crippen molar-refractivity contribution < 1.29 is 22.4 Å². The van der Waals surface area contributed by atoms with E-state index in [1.165, 1.54) is 17.0 Å². The number of rotatable bonds is 11. The fraction of sp³-hybridized carbons (Fsp3) is 0.417. The normalized spacial score (nSPS) is 13.1. The molecule has 0 aliphatic rings. The van der Waals surface area contributed by atoms with Crippen LogP contribution in [0.1, 0.15) is 39.2 Å². The highest BCUT2D eigenvalue weighted by atomic mass is 35.5. The van der Waals surface area contributed by atoms with E-state index in [9.17, 15) is 22.4 Å². The fourth-order valence-electron chi connectivity index (χ4n) is 3.45. The van der Waals surface area contributed by atoms with E-state index in [4.69, 9.17) is 34.8 Å². The number of amides is 2. The monoisotopic (exact) mass is 579 g/mol. The number of carbonyl (C=O) groups is 2. The standard InChI is InChI=1S/C24H29Cl3FN3O4S/c1-5-15(3)29-24(33)22(6-2)30(13-16-7-8-17(25)11-19(16)26)23(32)14-31(36(4,34)35)18-9-10-21(28)20(27)12-18/h7-12,15,22H,5-6,13-14H2,1-4H3,(H,29,33). The molecule has 0 aliphatic heterocycles. The highest BCUT2D eigenvalue weighted by molar-refractivity contribution is 7.92. The molecule has 2 unspecified atom stereocenters. The number of carbonyl (C=O) groups excluding carboxylic acids is 2. The molecular formula is C24H29Cl3FN3O4S. The van der Waals surface area contributed by atoms with Crippen LogP contribution in [0.2, 0.25) is 15.1 Å². The van der Waals surface area contributed by atoms with Gasteiger partial charge in [-0.15, -0.1) is 0 Å².